The van der Waals surface area contributed by atoms with Gasteiger partial charge in [0.25, 0.3) is 5.91 Å². The molecule has 3 N–H and O–H groups in total. The van der Waals surface area contributed by atoms with Gasteiger partial charge in [-0.15, -0.1) is 12.4 Å². The summed E-state index contributed by atoms with van der Waals surface area (Å²) in [6, 6.07) is 6.13. The van der Waals surface area contributed by atoms with Gasteiger partial charge in [-0.3, -0.25) is 4.79 Å². The van der Waals surface area contributed by atoms with Crippen molar-refractivity contribution in [3.8, 4) is 5.75 Å². The Labute approximate surface area is 140 Å². The molecule has 0 aliphatic carbocycles. The first-order chi connectivity index (χ1) is 9.95. The van der Waals surface area contributed by atoms with Crippen molar-refractivity contribution in [3.05, 3.63) is 29.3 Å². The van der Waals surface area contributed by atoms with Gasteiger partial charge in [0.2, 0.25) is 0 Å². The van der Waals surface area contributed by atoms with E-state index in [-0.39, 0.29) is 18.3 Å². The first-order valence-electron chi connectivity index (χ1n) is 7.70. The van der Waals surface area contributed by atoms with Crippen molar-refractivity contribution in [2.24, 2.45) is 5.73 Å². The number of nitrogens with two attached hydrogens (primary N) is 1. The molecule has 1 aromatic carbocycles. The number of halogens is 1. The maximum absolute atomic E-state index is 12.0. The Morgan fingerprint density at radius 3 is 2.55 bits per heavy atom. The second kappa shape index (κ2) is 10.5. The van der Waals surface area contributed by atoms with Crippen molar-refractivity contribution in [1.82, 2.24) is 5.32 Å². The SMILES string of the molecule is Cc1ccc(C(C)C)c(OC(C)C(=O)NCCCCN)c1.Cl. The monoisotopic (exact) mass is 328 g/mol. The molecule has 0 aliphatic rings. The minimum absolute atomic E-state index is 0. The topological polar surface area (TPSA) is 64.3 Å². The molecular formula is C17H29ClN2O2. The fourth-order valence-electron chi connectivity index (χ4n) is 2.09. The van der Waals surface area contributed by atoms with Gasteiger partial charge in [-0.1, -0.05) is 26.0 Å². The maximum Gasteiger partial charge on any atom is 0.260 e. The number of unbranched alkanes of at least 4 members (excludes halogenated alkanes) is 1. The van der Waals surface area contributed by atoms with E-state index in [4.69, 9.17) is 10.5 Å². The number of hydrogen-bond acceptors (Lipinski definition) is 3. The molecule has 1 aromatic rings. The van der Waals surface area contributed by atoms with Gasteiger partial charge in [0, 0.05) is 6.54 Å². The molecule has 5 heteroatoms. The van der Waals surface area contributed by atoms with Crippen LogP contribution in [0.3, 0.4) is 0 Å². The van der Waals surface area contributed by atoms with E-state index in [0.29, 0.717) is 19.0 Å². The Morgan fingerprint density at radius 1 is 1.27 bits per heavy atom. The number of ether oxygens (including phenoxy) is 1. The summed E-state index contributed by atoms with van der Waals surface area (Å²) < 4.78 is 5.87. The summed E-state index contributed by atoms with van der Waals surface area (Å²) in [5.41, 5.74) is 7.69. The molecule has 4 nitrogen and oxygen atoms in total. The molecule has 0 saturated heterocycles. The van der Waals surface area contributed by atoms with Gasteiger partial charge < -0.3 is 15.8 Å². The smallest absolute Gasteiger partial charge is 0.260 e. The van der Waals surface area contributed by atoms with Crippen LogP contribution < -0.4 is 15.8 Å². The fourth-order valence-corrected chi connectivity index (χ4v) is 2.09. The molecule has 1 atom stereocenters. The first kappa shape index (κ1) is 20.7. The lowest BCUT2D eigenvalue weighted by molar-refractivity contribution is -0.127. The van der Waals surface area contributed by atoms with Crippen molar-refractivity contribution >= 4 is 18.3 Å². The zero-order valence-corrected chi connectivity index (χ0v) is 14.8. The van der Waals surface area contributed by atoms with Crippen LogP contribution in [0.15, 0.2) is 18.2 Å². The maximum atomic E-state index is 12.0. The molecule has 0 aliphatic heterocycles. The van der Waals surface area contributed by atoms with E-state index in [1.807, 2.05) is 13.0 Å². The standard InChI is InChI=1S/C17H28N2O2.ClH/c1-12(2)15-8-7-13(3)11-16(15)21-14(4)17(20)19-10-6-5-9-18;/h7-8,11-12,14H,5-6,9-10,18H2,1-4H3,(H,19,20);1H. The van der Waals surface area contributed by atoms with Crippen molar-refractivity contribution in [2.45, 2.75) is 52.6 Å². The number of benzene rings is 1. The average molecular weight is 329 g/mol. The zero-order chi connectivity index (χ0) is 15.8. The minimum Gasteiger partial charge on any atom is -0.481 e. The van der Waals surface area contributed by atoms with E-state index in [9.17, 15) is 4.79 Å². The normalized spacial score (nSPS) is 11.7. The summed E-state index contributed by atoms with van der Waals surface area (Å²) in [5, 5.41) is 2.88. The Balaban J connectivity index is 0.00000441. The number of carbonyl (C=O) groups excluding carboxylic acids is 1. The van der Waals surface area contributed by atoms with Crippen molar-refractivity contribution in [3.63, 3.8) is 0 Å². The van der Waals surface area contributed by atoms with E-state index in [0.717, 1.165) is 29.7 Å². The van der Waals surface area contributed by atoms with Gasteiger partial charge in [-0.2, -0.15) is 0 Å². The summed E-state index contributed by atoms with van der Waals surface area (Å²) >= 11 is 0. The van der Waals surface area contributed by atoms with Crippen LogP contribution in [-0.4, -0.2) is 25.1 Å². The number of carbonyl (C=O) groups is 1. The molecule has 0 spiro atoms. The molecule has 22 heavy (non-hydrogen) atoms. The van der Waals surface area contributed by atoms with E-state index in [2.05, 4.69) is 31.3 Å². The summed E-state index contributed by atoms with van der Waals surface area (Å²) in [7, 11) is 0. The van der Waals surface area contributed by atoms with Gasteiger partial charge >= 0.3 is 0 Å². The Hall–Kier alpha value is -1.26. The molecule has 1 rings (SSSR count). The van der Waals surface area contributed by atoms with E-state index < -0.39 is 6.10 Å². The molecule has 1 unspecified atom stereocenters. The number of aryl methyl sites for hydroxylation is 1. The summed E-state index contributed by atoms with van der Waals surface area (Å²) in [6.07, 6.45) is 1.32. The lowest BCUT2D eigenvalue weighted by Crippen LogP contribution is -2.37. The molecule has 0 bridgehead atoms. The van der Waals surface area contributed by atoms with Crippen LogP contribution in [-0.2, 0) is 4.79 Å². The van der Waals surface area contributed by atoms with E-state index in [1.54, 1.807) is 6.92 Å². The summed E-state index contributed by atoms with van der Waals surface area (Å²) in [4.78, 5) is 12.0. The molecule has 0 aromatic heterocycles. The van der Waals surface area contributed by atoms with Crippen molar-refractivity contribution < 1.29 is 9.53 Å². The van der Waals surface area contributed by atoms with Crippen molar-refractivity contribution in [2.75, 3.05) is 13.1 Å². The Kier molecular flexibility index (Phi) is 9.86. The highest BCUT2D eigenvalue weighted by atomic mass is 35.5. The lowest BCUT2D eigenvalue weighted by Gasteiger charge is -2.19. The van der Waals surface area contributed by atoms with E-state index in [1.165, 1.54) is 0 Å². The molecule has 0 fully saturated rings. The van der Waals surface area contributed by atoms with Crippen LogP contribution in [0.2, 0.25) is 0 Å². The van der Waals surface area contributed by atoms with Crippen molar-refractivity contribution in [1.29, 1.82) is 0 Å². The van der Waals surface area contributed by atoms with Crippen LogP contribution in [0.4, 0.5) is 0 Å². The summed E-state index contributed by atoms with van der Waals surface area (Å²) in [6.45, 7) is 9.35. The number of hydrogen-bond donors (Lipinski definition) is 2. The first-order valence-corrected chi connectivity index (χ1v) is 7.70. The van der Waals surface area contributed by atoms with Crippen LogP contribution in [0, 0.1) is 6.92 Å². The lowest BCUT2D eigenvalue weighted by atomic mass is 10.0. The average Bonchev–Trinajstić information content (AvgIpc) is 2.43. The fraction of sp³-hybridized carbons (Fsp3) is 0.588. The highest BCUT2D eigenvalue weighted by Gasteiger charge is 2.17. The second-order valence-electron chi connectivity index (χ2n) is 5.74. The highest BCUT2D eigenvalue weighted by Crippen LogP contribution is 2.28. The third-order valence-electron chi connectivity index (χ3n) is 3.39. The number of rotatable bonds is 8. The largest absolute Gasteiger partial charge is 0.481 e. The van der Waals surface area contributed by atoms with Gasteiger partial charge in [0.15, 0.2) is 6.10 Å². The highest BCUT2D eigenvalue weighted by molar-refractivity contribution is 5.85. The molecule has 0 radical (unpaired) electrons. The third-order valence-corrected chi connectivity index (χ3v) is 3.39. The van der Waals surface area contributed by atoms with E-state index >= 15 is 0 Å². The van der Waals surface area contributed by atoms with Gasteiger partial charge in [0.1, 0.15) is 5.75 Å². The molecule has 126 valence electrons. The van der Waals surface area contributed by atoms with Gasteiger partial charge in [0.05, 0.1) is 0 Å². The zero-order valence-electron chi connectivity index (χ0n) is 14.0. The molecular weight excluding hydrogens is 300 g/mol. The molecule has 0 heterocycles. The Bertz CT molecular complexity index is 464. The molecule has 1 amide bonds. The second-order valence-corrected chi connectivity index (χ2v) is 5.74. The third kappa shape index (κ3) is 6.67. The summed E-state index contributed by atoms with van der Waals surface area (Å²) in [5.74, 6) is 1.08. The molecule has 0 saturated carbocycles. The van der Waals surface area contributed by atoms with Gasteiger partial charge in [-0.25, -0.2) is 0 Å². The van der Waals surface area contributed by atoms with Crippen LogP contribution in [0.5, 0.6) is 5.75 Å². The van der Waals surface area contributed by atoms with Crippen LogP contribution in [0.25, 0.3) is 0 Å². The predicted molar refractivity (Wildman–Crippen MR) is 93.9 cm³/mol. The van der Waals surface area contributed by atoms with Crippen LogP contribution >= 0.6 is 12.4 Å². The Morgan fingerprint density at radius 2 is 1.95 bits per heavy atom. The van der Waals surface area contributed by atoms with Gasteiger partial charge in [-0.05, 0) is 56.3 Å². The number of nitrogens with one attached hydrogen (secondary N) is 1. The quantitative estimate of drug-likeness (QED) is 0.720. The number of amides is 1. The van der Waals surface area contributed by atoms with Crippen LogP contribution in [0.1, 0.15) is 50.7 Å². The predicted octanol–water partition coefficient (Wildman–Crippen LogP) is 3.16. The minimum atomic E-state index is -0.498.